The number of pyridine rings is 1. The largest absolute Gasteiger partial charge is 0.408 e. The fraction of sp³-hybridized carbons (Fsp3) is 0.423. The Kier molecular flexibility index (Phi) is 6.25. The maximum atomic E-state index is 14.0. The van der Waals surface area contributed by atoms with Crippen LogP contribution in [-0.2, 0) is 15.0 Å². The summed E-state index contributed by atoms with van der Waals surface area (Å²) in [6.45, 7) is 0.593. The molecule has 3 aliphatic heterocycles. The van der Waals surface area contributed by atoms with E-state index in [4.69, 9.17) is 0 Å². The van der Waals surface area contributed by atoms with E-state index in [1.807, 2.05) is 0 Å². The molecule has 204 valence electrons. The summed E-state index contributed by atoms with van der Waals surface area (Å²) >= 11 is 3.60. The third-order valence-electron chi connectivity index (χ3n) is 8.04. The number of ketones is 1. The number of aromatic nitrogens is 3. The van der Waals surface area contributed by atoms with Crippen molar-refractivity contribution in [3.05, 3.63) is 51.8 Å². The highest BCUT2D eigenvalue weighted by atomic mass is 79.9. The Morgan fingerprint density at radius 1 is 1.18 bits per heavy atom. The summed E-state index contributed by atoms with van der Waals surface area (Å²) in [5, 5.41) is 10.6. The Morgan fingerprint density at radius 3 is 2.69 bits per heavy atom. The Hall–Kier alpha value is -3.32. The van der Waals surface area contributed by atoms with Crippen molar-refractivity contribution in [1.29, 1.82) is 0 Å². The SMILES string of the molecule is O=C(c1cnc2[nH]ncc2c1)c1ccc2c(c1Br)C1(CCNCC1)C(=O)N2CC(=O)N1CCC[C@@H]1C(F)(F)F. The number of benzene rings is 1. The molecule has 1 aromatic carbocycles. The molecule has 2 fully saturated rings. The number of aromatic amines is 1. The summed E-state index contributed by atoms with van der Waals surface area (Å²) in [5.74, 6) is -1.38. The van der Waals surface area contributed by atoms with E-state index in [9.17, 15) is 27.6 Å². The number of fused-ring (bicyclic) bond motifs is 3. The van der Waals surface area contributed by atoms with Gasteiger partial charge in [-0.15, -0.1) is 0 Å². The first-order chi connectivity index (χ1) is 18.6. The third kappa shape index (κ3) is 4.13. The van der Waals surface area contributed by atoms with Gasteiger partial charge in [-0.1, -0.05) is 0 Å². The number of amides is 2. The first kappa shape index (κ1) is 25.9. The predicted molar refractivity (Wildman–Crippen MR) is 138 cm³/mol. The summed E-state index contributed by atoms with van der Waals surface area (Å²) in [7, 11) is 0. The second-order valence-electron chi connectivity index (χ2n) is 10.2. The van der Waals surface area contributed by atoms with Gasteiger partial charge >= 0.3 is 6.18 Å². The van der Waals surface area contributed by atoms with Crippen LogP contribution in [0, 0.1) is 0 Å². The number of H-pyrrole nitrogens is 1. The predicted octanol–water partition coefficient (Wildman–Crippen LogP) is 3.47. The summed E-state index contributed by atoms with van der Waals surface area (Å²) in [4.78, 5) is 47.1. The van der Waals surface area contributed by atoms with Crippen molar-refractivity contribution >= 4 is 50.2 Å². The monoisotopic (exact) mass is 604 g/mol. The van der Waals surface area contributed by atoms with Crippen LogP contribution in [0.3, 0.4) is 0 Å². The molecule has 2 saturated heterocycles. The number of anilines is 1. The van der Waals surface area contributed by atoms with Gasteiger partial charge in [0.2, 0.25) is 11.8 Å². The lowest BCUT2D eigenvalue weighted by atomic mass is 9.73. The maximum absolute atomic E-state index is 14.0. The molecule has 13 heteroatoms. The molecule has 3 aliphatic rings. The van der Waals surface area contributed by atoms with Gasteiger partial charge in [0.1, 0.15) is 12.6 Å². The number of carbonyl (C=O) groups excluding carboxylic acids is 3. The van der Waals surface area contributed by atoms with Crippen LogP contribution in [0.5, 0.6) is 0 Å². The van der Waals surface area contributed by atoms with E-state index in [0.29, 0.717) is 63.8 Å². The number of hydrogen-bond donors (Lipinski definition) is 2. The molecule has 5 heterocycles. The van der Waals surface area contributed by atoms with Crippen LogP contribution < -0.4 is 10.2 Å². The van der Waals surface area contributed by atoms with E-state index in [-0.39, 0.29) is 31.1 Å². The van der Waals surface area contributed by atoms with Crippen molar-refractivity contribution in [3.8, 4) is 0 Å². The lowest BCUT2D eigenvalue weighted by Crippen LogP contribution is -2.52. The van der Waals surface area contributed by atoms with Crippen LogP contribution in [-0.4, -0.2) is 76.1 Å². The molecule has 39 heavy (non-hydrogen) atoms. The zero-order valence-corrected chi connectivity index (χ0v) is 22.2. The highest BCUT2D eigenvalue weighted by Gasteiger charge is 2.54. The van der Waals surface area contributed by atoms with E-state index >= 15 is 0 Å². The van der Waals surface area contributed by atoms with E-state index < -0.39 is 30.1 Å². The molecule has 0 saturated carbocycles. The molecule has 0 bridgehead atoms. The molecular weight excluding hydrogens is 581 g/mol. The fourth-order valence-corrected chi connectivity index (χ4v) is 7.01. The summed E-state index contributed by atoms with van der Waals surface area (Å²) in [6.07, 6.45) is -0.543. The third-order valence-corrected chi connectivity index (χ3v) is 8.87. The highest BCUT2D eigenvalue weighted by Crippen LogP contribution is 2.51. The van der Waals surface area contributed by atoms with Crippen molar-refractivity contribution in [2.45, 2.75) is 43.3 Å². The lowest BCUT2D eigenvalue weighted by Gasteiger charge is -2.34. The molecule has 2 N–H and O–H groups in total. The van der Waals surface area contributed by atoms with Gasteiger partial charge in [0.05, 0.1) is 11.6 Å². The highest BCUT2D eigenvalue weighted by molar-refractivity contribution is 9.10. The minimum absolute atomic E-state index is 0.000856. The quantitative estimate of drug-likeness (QED) is 0.441. The Labute approximate surface area is 229 Å². The average Bonchev–Trinajstić information content (AvgIpc) is 3.64. The van der Waals surface area contributed by atoms with Gasteiger partial charge in [0.15, 0.2) is 11.4 Å². The number of rotatable bonds is 4. The Morgan fingerprint density at radius 2 is 1.95 bits per heavy atom. The fourth-order valence-electron chi connectivity index (χ4n) is 6.12. The van der Waals surface area contributed by atoms with Gasteiger partial charge in [0.25, 0.3) is 0 Å². The van der Waals surface area contributed by atoms with Crippen LogP contribution in [0.2, 0.25) is 0 Å². The number of hydrogen-bond acceptors (Lipinski definition) is 6. The Bertz CT molecular complexity index is 1500. The second-order valence-corrected chi connectivity index (χ2v) is 11.0. The number of alkyl halides is 3. The maximum Gasteiger partial charge on any atom is 0.408 e. The smallest absolute Gasteiger partial charge is 0.329 e. The molecule has 1 spiro atoms. The molecule has 0 unspecified atom stereocenters. The van der Waals surface area contributed by atoms with Crippen LogP contribution in [0.15, 0.2) is 35.1 Å². The summed E-state index contributed by atoms with van der Waals surface area (Å²) < 4.78 is 41.1. The van der Waals surface area contributed by atoms with E-state index in [1.54, 1.807) is 24.4 Å². The van der Waals surface area contributed by atoms with Crippen LogP contribution in [0.25, 0.3) is 11.0 Å². The van der Waals surface area contributed by atoms with E-state index in [1.165, 1.54) is 11.1 Å². The normalized spacial score (nSPS) is 20.7. The lowest BCUT2D eigenvalue weighted by molar-refractivity contribution is -0.182. The van der Waals surface area contributed by atoms with Gasteiger partial charge in [0, 0.05) is 45.0 Å². The van der Waals surface area contributed by atoms with Gasteiger partial charge in [-0.3, -0.25) is 19.5 Å². The number of nitrogens with zero attached hydrogens (tertiary/aromatic N) is 4. The van der Waals surface area contributed by atoms with Gasteiger partial charge in [-0.2, -0.15) is 18.3 Å². The molecule has 6 rings (SSSR count). The van der Waals surface area contributed by atoms with Gasteiger partial charge in [-0.25, -0.2) is 4.98 Å². The Balaban J connectivity index is 1.38. The van der Waals surface area contributed by atoms with Gasteiger partial charge in [-0.05, 0) is 72.9 Å². The van der Waals surface area contributed by atoms with Crippen molar-refractivity contribution in [1.82, 2.24) is 25.4 Å². The molecule has 2 aromatic heterocycles. The van der Waals surface area contributed by atoms with Crippen LogP contribution in [0.4, 0.5) is 18.9 Å². The van der Waals surface area contributed by atoms with Crippen LogP contribution in [0.1, 0.15) is 47.2 Å². The zero-order chi connectivity index (χ0) is 27.5. The van der Waals surface area contributed by atoms with Crippen molar-refractivity contribution < 1.29 is 27.6 Å². The minimum Gasteiger partial charge on any atom is -0.329 e. The van der Waals surface area contributed by atoms with E-state index in [2.05, 4.69) is 36.4 Å². The molecule has 2 amide bonds. The molecule has 0 radical (unpaired) electrons. The molecule has 0 aliphatic carbocycles. The number of likely N-dealkylation sites (tertiary alicyclic amines) is 1. The average molecular weight is 605 g/mol. The number of nitrogens with one attached hydrogen (secondary N) is 2. The zero-order valence-electron chi connectivity index (χ0n) is 20.6. The topological polar surface area (TPSA) is 111 Å². The molecule has 1 atom stereocenters. The summed E-state index contributed by atoms with van der Waals surface area (Å²) in [5.41, 5.74) is 1.24. The minimum atomic E-state index is -4.53. The van der Waals surface area contributed by atoms with E-state index in [0.717, 1.165) is 4.90 Å². The van der Waals surface area contributed by atoms with Gasteiger partial charge < -0.3 is 15.1 Å². The standard InChI is InChI=1S/C26H24BrF3N6O3/c27-21-16(22(38)14-10-15-12-33-34-23(15)32-11-14)3-4-17-20(21)25(5-7-31-8-6-25)24(39)36(17)13-19(37)35-9-1-2-18(35)26(28,29)30/h3-4,10-12,18,31H,1-2,5-9,13H2,(H,32,33,34)/t18-/m1/s1. The second kappa shape index (κ2) is 9.40. The first-order valence-corrected chi connectivity index (χ1v) is 13.5. The van der Waals surface area contributed by atoms with Crippen molar-refractivity contribution in [3.63, 3.8) is 0 Å². The molecule has 3 aromatic rings. The molecular formula is C26H24BrF3N6O3. The number of piperidine rings is 1. The number of halogens is 4. The summed E-state index contributed by atoms with van der Waals surface area (Å²) in [6, 6.07) is 3.02. The number of carbonyl (C=O) groups is 3. The van der Waals surface area contributed by atoms with Crippen molar-refractivity contribution in [2.24, 2.45) is 0 Å². The molecule has 9 nitrogen and oxygen atoms in total. The first-order valence-electron chi connectivity index (χ1n) is 12.7. The van der Waals surface area contributed by atoms with Crippen molar-refractivity contribution in [2.75, 3.05) is 31.1 Å². The van der Waals surface area contributed by atoms with Crippen LogP contribution >= 0.6 is 15.9 Å².